The average Bonchev–Trinajstić information content (AvgIpc) is 2.27. The van der Waals surface area contributed by atoms with Crippen molar-refractivity contribution in [3.05, 3.63) is 35.9 Å². The van der Waals surface area contributed by atoms with Crippen LogP contribution in [0.3, 0.4) is 0 Å². The number of hydrogen-bond donors (Lipinski definition) is 0. The quantitative estimate of drug-likeness (QED) is 0.707. The number of carbonyl (C=O) groups is 1. The van der Waals surface area contributed by atoms with E-state index >= 15 is 0 Å². The van der Waals surface area contributed by atoms with E-state index in [1.165, 1.54) is 0 Å². The number of hydrogen-bond acceptors (Lipinski definition) is 2. The van der Waals surface area contributed by atoms with Gasteiger partial charge in [0.25, 0.3) is 0 Å². The molecule has 0 aromatic heterocycles. The lowest BCUT2D eigenvalue weighted by atomic mass is 9.92. The Kier molecular flexibility index (Phi) is 3.89. The largest absolute Gasteiger partial charge is 0.462 e. The first kappa shape index (κ1) is 11.8. The highest BCUT2D eigenvalue weighted by molar-refractivity contribution is 5.89. The second-order valence-corrected chi connectivity index (χ2v) is 4.46. The molecule has 0 unspecified atom stereocenters. The van der Waals surface area contributed by atoms with Gasteiger partial charge in [-0.05, 0) is 24.0 Å². The van der Waals surface area contributed by atoms with E-state index in [-0.39, 0.29) is 11.4 Å². The lowest BCUT2D eigenvalue weighted by Gasteiger charge is -2.21. The summed E-state index contributed by atoms with van der Waals surface area (Å²) in [5.74, 6) is -0.239. The molecule has 0 saturated carbocycles. The van der Waals surface area contributed by atoms with Crippen molar-refractivity contribution < 1.29 is 9.53 Å². The number of carbonyl (C=O) groups excluding carboxylic acids is 1. The molecule has 0 saturated heterocycles. The van der Waals surface area contributed by atoms with Gasteiger partial charge < -0.3 is 4.74 Å². The SMILES string of the molecule is CCC(C)(C)COC(=O)c1ccccc1. The number of ether oxygens (including phenoxy) is 1. The van der Waals surface area contributed by atoms with Gasteiger partial charge in [-0.25, -0.2) is 4.79 Å². The Bertz CT molecular complexity index is 315. The lowest BCUT2D eigenvalue weighted by molar-refractivity contribution is 0.0335. The molecule has 1 rings (SSSR count). The number of benzene rings is 1. The fourth-order valence-corrected chi connectivity index (χ4v) is 1.02. The van der Waals surface area contributed by atoms with Gasteiger partial charge >= 0.3 is 5.97 Å². The van der Waals surface area contributed by atoms with Crippen LogP contribution in [0.4, 0.5) is 0 Å². The zero-order valence-corrected chi connectivity index (χ0v) is 9.62. The summed E-state index contributed by atoms with van der Waals surface area (Å²) in [6, 6.07) is 9.08. The van der Waals surface area contributed by atoms with Crippen LogP contribution in [-0.2, 0) is 4.74 Å². The standard InChI is InChI=1S/C13H18O2/c1-4-13(2,3)10-15-12(14)11-8-6-5-7-9-11/h5-9H,4,10H2,1-3H3. The summed E-state index contributed by atoms with van der Waals surface area (Å²) in [4.78, 5) is 11.6. The van der Waals surface area contributed by atoms with E-state index in [2.05, 4.69) is 20.8 Å². The normalized spacial score (nSPS) is 11.1. The highest BCUT2D eigenvalue weighted by Gasteiger charge is 2.18. The van der Waals surface area contributed by atoms with E-state index in [1.54, 1.807) is 12.1 Å². The highest BCUT2D eigenvalue weighted by atomic mass is 16.5. The van der Waals surface area contributed by atoms with E-state index in [4.69, 9.17) is 4.74 Å². The topological polar surface area (TPSA) is 26.3 Å². The van der Waals surface area contributed by atoms with Crippen LogP contribution in [0, 0.1) is 5.41 Å². The van der Waals surface area contributed by atoms with Gasteiger partial charge in [0.1, 0.15) is 0 Å². The molecular weight excluding hydrogens is 188 g/mol. The number of esters is 1. The summed E-state index contributed by atoms with van der Waals surface area (Å²) in [5, 5.41) is 0. The third kappa shape index (κ3) is 3.74. The Hall–Kier alpha value is -1.31. The fourth-order valence-electron chi connectivity index (χ4n) is 1.02. The Morgan fingerprint density at radius 2 is 1.87 bits per heavy atom. The molecule has 0 spiro atoms. The van der Waals surface area contributed by atoms with E-state index in [0.29, 0.717) is 12.2 Å². The molecule has 0 radical (unpaired) electrons. The summed E-state index contributed by atoms with van der Waals surface area (Å²) in [6.07, 6.45) is 0.995. The minimum Gasteiger partial charge on any atom is -0.462 e. The molecule has 0 heterocycles. The van der Waals surface area contributed by atoms with Gasteiger partial charge in [-0.1, -0.05) is 39.0 Å². The number of rotatable bonds is 4. The van der Waals surface area contributed by atoms with E-state index in [0.717, 1.165) is 6.42 Å². The minimum atomic E-state index is -0.239. The molecule has 0 atom stereocenters. The Morgan fingerprint density at radius 3 is 2.40 bits per heavy atom. The van der Waals surface area contributed by atoms with Crippen molar-refractivity contribution in [2.24, 2.45) is 5.41 Å². The van der Waals surface area contributed by atoms with Crippen molar-refractivity contribution in [2.75, 3.05) is 6.61 Å². The molecule has 2 heteroatoms. The van der Waals surface area contributed by atoms with Crippen molar-refractivity contribution >= 4 is 5.97 Å². The highest BCUT2D eigenvalue weighted by Crippen LogP contribution is 2.20. The maximum absolute atomic E-state index is 11.6. The van der Waals surface area contributed by atoms with Gasteiger partial charge in [0.05, 0.1) is 12.2 Å². The summed E-state index contributed by atoms with van der Waals surface area (Å²) in [6.45, 7) is 6.74. The van der Waals surface area contributed by atoms with Crippen molar-refractivity contribution in [3.63, 3.8) is 0 Å². The van der Waals surface area contributed by atoms with Crippen molar-refractivity contribution in [3.8, 4) is 0 Å². The molecule has 1 aromatic carbocycles. The molecule has 0 aliphatic rings. The van der Waals surface area contributed by atoms with Gasteiger partial charge in [-0.15, -0.1) is 0 Å². The molecule has 1 aromatic rings. The predicted molar refractivity (Wildman–Crippen MR) is 60.8 cm³/mol. The zero-order valence-electron chi connectivity index (χ0n) is 9.62. The minimum absolute atomic E-state index is 0.0600. The van der Waals surface area contributed by atoms with Crippen LogP contribution in [0.2, 0.25) is 0 Å². The molecule has 0 fully saturated rings. The molecule has 0 aliphatic carbocycles. The fraction of sp³-hybridized carbons (Fsp3) is 0.462. The molecular formula is C13H18O2. The van der Waals surface area contributed by atoms with Crippen LogP contribution in [0.5, 0.6) is 0 Å². The molecule has 0 aliphatic heterocycles. The zero-order chi connectivity index (χ0) is 11.3. The second-order valence-electron chi connectivity index (χ2n) is 4.46. The van der Waals surface area contributed by atoms with Crippen molar-refractivity contribution in [1.29, 1.82) is 0 Å². The van der Waals surface area contributed by atoms with Crippen LogP contribution in [0.15, 0.2) is 30.3 Å². The maximum Gasteiger partial charge on any atom is 0.338 e. The van der Waals surface area contributed by atoms with Gasteiger partial charge in [0.15, 0.2) is 0 Å². The Labute approximate surface area is 91.3 Å². The lowest BCUT2D eigenvalue weighted by Crippen LogP contribution is -2.20. The second kappa shape index (κ2) is 4.96. The van der Waals surface area contributed by atoms with E-state index in [9.17, 15) is 4.79 Å². The molecule has 82 valence electrons. The Balaban J connectivity index is 2.51. The van der Waals surface area contributed by atoms with E-state index < -0.39 is 0 Å². The molecule has 2 nitrogen and oxygen atoms in total. The first-order valence-electron chi connectivity index (χ1n) is 5.27. The molecule has 0 amide bonds. The van der Waals surface area contributed by atoms with Crippen LogP contribution in [0.25, 0.3) is 0 Å². The van der Waals surface area contributed by atoms with Crippen molar-refractivity contribution in [2.45, 2.75) is 27.2 Å². The maximum atomic E-state index is 11.6. The van der Waals surface area contributed by atoms with Gasteiger partial charge in [-0.2, -0.15) is 0 Å². The van der Waals surface area contributed by atoms with Crippen LogP contribution in [-0.4, -0.2) is 12.6 Å². The smallest absolute Gasteiger partial charge is 0.338 e. The van der Waals surface area contributed by atoms with Crippen LogP contribution < -0.4 is 0 Å². The van der Waals surface area contributed by atoms with Gasteiger partial charge in [-0.3, -0.25) is 0 Å². The van der Waals surface area contributed by atoms with Crippen LogP contribution in [0.1, 0.15) is 37.6 Å². The molecule has 0 N–H and O–H groups in total. The monoisotopic (exact) mass is 206 g/mol. The first-order chi connectivity index (χ1) is 7.05. The van der Waals surface area contributed by atoms with Gasteiger partial charge in [0.2, 0.25) is 0 Å². The summed E-state index contributed by atoms with van der Waals surface area (Å²) >= 11 is 0. The van der Waals surface area contributed by atoms with Gasteiger partial charge in [0, 0.05) is 0 Å². The molecule has 0 bridgehead atoms. The Morgan fingerprint density at radius 1 is 1.27 bits per heavy atom. The first-order valence-corrected chi connectivity index (χ1v) is 5.27. The summed E-state index contributed by atoms with van der Waals surface area (Å²) in [7, 11) is 0. The summed E-state index contributed by atoms with van der Waals surface area (Å²) < 4.78 is 5.24. The third-order valence-electron chi connectivity index (χ3n) is 2.56. The van der Waals surface area contributed by atoms with Crippen LogP contribution >= 0.6 is 0 Å². The van der Waals surface area contributed by atoms with E-state index in [1.807, 2.05) is 18.2 Å². The summed E-state index contributed by atoms with van der Waals surface area (Å²) in [5.41, 5.74) is 0.675. The molecule has 15 heavy (non-hydrogen) atoms. The van der Waals surface area contributed by atoms with Crippen molar-refractivity contribution in [1.82, 2.24) is 0 Å². The predicted octanol–water partition coefficient (Wildman–Crippen LogP) is 3.28. The third-order valence-corrected chi connectivity index (χ3v) is 2.56. The average molecular weight is 206 g/mol.